The van der Waals surface area contributed by atoms with Crippen molar-refractivity contribution in [3.05, 3.63) is 47.3 Å². The minimum absolute atomic E-state index is 0.422. The zero-order chi connectivity index (χ0) is 12.6. The third-order valence-corrected chi connectivity index (χ3v) is 2.67. The number of aryl methyl sites for hydroxylation is 1. The van der Waals surface area contributed by atoms with Gasteiger partial charge in [0, 0.05) is 5.69 Å². The lowest BCUT2D eigenvalue weighted by molar-refractivity contribution is -0.137. The summed E-state index contributed by atoms with van der Waals surface area (Å²) in [5.74, 6) is 0. The summed E-state index contributed by atoms with van der Waals surface area (Å²) in [6.07, 6.45) is -2.69. The average Bonchev–Trinajstić information content (AvgIpc) is 2.59. The fraction of sp³-hybridized carbons (Fsp3) is 0.250. The molecule has 90 valence electrons. The van der Waals surface area contributed by atoms with Crippen LogP contribution in [0.4, 0.5) is 13.2 Å². The molecule has 0 unspecified atom stereocenters. The first-order chi connectivity index (χ1) is 7.89. The molecular weight excluding hydrogens is 229 g/mol. The number of hydrogen-bond donors (Lipinski definition) is 0. The molecule has 0 atom stereocenters. The van der Waals surface area contributed by atoms with E-state index in [-0.39, 0.29) is 0 Å². The molecule has 17 heavy (non-hydrogen) atoms. The topological polar surface area (TPSA) is 17.8 Å². The zero-order valence-electron chi connectivity index (χ0n) is 9.42. The van der Waals surface area contributed by atoms with Crippen molar-refractivity contribution in [2.45, 2.75) is 20.0 Å². The standard InChI is InChI=1S/C12H11F3N2/c1-8-7-16-17(9(8)2)11-5-3-4-10(6-11)12(13,14)15/h3-7H,1-2H3. The van der Waals surface area contributed by atoms with Gasteiger partial charge in [-0.3, -0.25) is 0 Å². The smallest absolute Gasteiger partial charge is 0.238 e. The summed E-state index contributed by atoms with van der Waals surface area (Å²) < 4.78 is 39.2. The Balaban J connectivity index is 2.51. The molecule has 2 nitrogen and oxygen atoms in total. The van der Waals surface area contributed by atoms with Crippen LogP contribution in [0.2, 0.25) is 0 Å². The predicted molar refractivity (Wildman–Crippen MR) is 58.0 cm³/mol. The molecular formula is C12H11F3N2. The van der Waals surface area contributed by atoms with Crippen LogP contribution in [0, 0.1) is 13.8 Å². The number of benzene rings is 1. The Morgan fingerprint density at radius 3 is 2.41 bits per heavy atom. The van der Waals surface area contributed by atoms with Gasteiger partial charge in [-0.05, 0) is 37.6 Å². The monoisotopic (exact) mass is 240 g/mol. The minimum Gasteiger partial charge on any atom is -0.238 e. The summed E-state index contributed by atoms with van der Waals surface area (Å²) in [7, 11) is 0. The van der Waals surface area contributed by atoms with Crippen molar-refractivity contribution in [2.75, 3.05) is 0 Å². The number of rotatable bonds is 1. The molecule has 0 amide bonds. The van der Waals surface area contributed by atoms with E-state index in [0.29, 0.717) is 5.69 Å². The summed E-state index contributed by atoms with van der Waals surface area (Å²) in [6, 6.07) is 5.14. The van der Waals surface area contributed by atoms with Gasteiger partial charge in [0.15, 0.2) is 0 Å². The molecule has 1 aromatic heterocycles. The Morgan fingerprint density at radius 2 is 1.88 bits per heavy atom. The third-order valence-electron chi connectivity index (χ3n) is 2.67. The van der Waals surface area contributed by atoms with E-state index in [4.69, 9.17) is 0 Å². The van der Waals surface area contributed by atoms with E-state index in [0.717, 1.165) is 23.4 Å². The van der Waals surface area contributed by atoms with Gasteiger partial charge >= 0.3 is 6.18 Å². The van der Waals surface area contributed by atoms with Gasteiger partial charge in [0.05, 0.1) is 17.4 Å². The Kier molecular flexibility index (Phi) is 2.69. The Morgan fingerprint density at radius 1 is 1.18 bits per heavy atom. The molecule has 0 saturated heterocycles. The molecule has 2 rings (SSSR count). The van der Waals surface area contributed by atoms with E-state index in [1.807, 2.05) is 13.8 Å². The van der Waals surface area contributed by atoms with Crippen molar-refractivity contribution < 1.29 is 13.2 Å². The summed E-state index contributed by atoms with van der Waals surface area (Å²) in [4.78, 5) is 0. The van der Waals surface area contributed by atoms with E-state index < -0.39 is 11.7 Å². The van der Waals surface area contributed by atoms with Gasteiger partial charge in [-0.25, -0.2) is 4.68 Å². The third kappa shape index (κ3) is 2.18. The van der Waals surface area contributed by atoms with Crippen molar-refractivity contribution >= 4 is 0 Å². The van der Waals surface area contributed by atoms with Crippen molar-refractivity contribution in [1.82, 2.24) is 9.78 Å². The van der Waals surface area contributed by atoms with Crippen molar-refractivity contribution in [2.24, 2.45) is 0 Å². The number of nitrogens with zero attached hydrogens (tertiary/aromatic N) is 2. The van der Waals surface area contributed by atoms with Crippen molar-refractivity contribution in [3.63, 3.8) is 0 Å². The predicted octanol–water partition coefficient (Wildman–Crippen LogP) is 3.51. The van der Waals surface area contributed by atoms with E-state index in [9.17, 15) is 13.2 Å². The summed E-state index contributed by atoms with van der Waals surface area (Å²) >= 11 is 0. The first-order valence-corrected chi connectivity index (χ1v) is 5.08. The average molecular weight is 240 g/mol. The van der Waals surface area contributed by atoms with Crippen LogP contribution in [0.3, 0.4) is 0 Å². The summed E-state index contributed by atoms with van der Waals surface area (Å²) in [5, 5.41) is 4.06. The maximum absolute atomic E-state index is 12.6. The van der Waals surface area contributed by atoms with Gasteiger partial charge < -0.3 is 0 Å². The zero-order valence-corrected chi connectivity index (χ0v) is 9.42. The van der Waals surface area contributed by atoms with Crippen LogP contribution >= 0.6 is 0 Å². The Bertz CT molecular complexity index is 541. The largest absolute Gasteiger partial charge is 0.416 e. The number of hydrogen-bond acceptors (Lipinski definition) is 1. The SMILES string of the molecule is Cc1cnn(-c2cccc(C(F)(F)F)c2)c1C. The molecule has 1 heterocycles. The van der Waals surface area contributed by atoms with E-state index in [2.05, 4.69) is 5.10 Å². The molecule has 0 aliphatic heterocycles. The van der Waals surface area contributed by atoms with Crippen LogP contribution < -0.4 is 0 Å². The molecule has 1 aromatic carbocycles. The van der Waals surface area contributed by atoms with Gasteiger partial charge in [-0.15, -0.1) is 0 Å². The minimum atomic E-state index is -4.33. The van der Waals surface area contributed by atoms with Crippen LogP contribution in [0.25, 0.3) is 5.69 Å². The van der Waals surface area contributed by atoms with Crippen LogP contribution in [0.15, 0.2) is 30.5 Å². The van der Waals surface area contributed by atoms with Gasteiger partial charge in [0.2, 0.25) is 0 Å². The maximum Gasteiger partial charge on any atom is 0.416 e. The van der Waals surface area contributed by atoms with Crippen molar-refractivity contribution in [3.8, 4) is 5.69 Å². The second-order valence-electron chi connectivity index (χ2n) is 3.87. The van der Waals surface area contributed by atoms with E-state index >= 15 is 0 Å². The number of aromatic nitrogens is 2. The molecule has 0 fully saturated rings. The first kappa shape index (κ1) is 11.7. The van der Waals surface area contributed by atoms with Crippen LogP contribution in [-0.2, 0) is 6.18 Å². The molecule has 0 aliphatic rings. The quantitative estimate of drug-likeness (QED) is 0.745. The molecule has 0 saturated carbocycles. The lowest BCUT2D eigenvalue weighted by Crippen LogP contribution is -2.07. The first-order valence-electron chi connectivity index (χ1n) is 5.08. The van der Waals surface area contributed by atoms with Gasteiger partial charge in [-0.2, -0.15) is 18.3 Å². The Labute approximate surface area is 96.7 Å². The second-order valence-corrected chi connectivity index (χ2v) is 3.87. The molecule has 5 heteroatoms. The lowest BCUT2D eigenvalue weighted by atomic mass is 10.2. The summed E-state index contributed by atoms with van der Waals surface area (Å²) in [5.41, 5.74) is 1.54. The molecule has 0 bridgehead atoms. The molecule has 0 N–H and O–H groups in total. The van der Waals surface area contributed by atoms with Crippen LogP contribution in [0.1, 0.15) is 16.8 Å². The number of alkyl halides is 3. The van der Waals surface area contributed by atoms with Crippen LogP contribution in [0.5, 0.6) is 0 Å². The molecule has 2 aromatic rings. The van der Waals surface area contributed by atoms with Crippen molar-refractivity contribution in [1.29, 1.82) is 0 Å². The van der Waals surface area contributed by atoms with Gasteiger partial charge in [0.25, 0.3) is 0 Å². The van der Waals surface area contributed by atoms with Gasteiger partial charge in [0.1, 0.15) is 0 Å². The Hall–Kier alpha value is -1.78. The fourth-order valence-electron chi connectivity index (χ4n) is 1.57. The normalized spacial score (nSPS) is 11.8. The lowest BCUT2D eigenvalue weighted by Gasteiger charge is -2.09. The number of halogens is 3. The highest BCUT2D eigenvalue weighted by Crippen LogP contribution is 2.30. The molecule has 0 spiro atoms. The van der Waals surface area contributed by atoms with Crippen LogP contribution in [-0.4, -0.2) is 9.78 Å². The second kappa shape index (κ2) is 3.91. The highest BCUT2D eigenvalue weighted by molar-refractivity contribution is 5.38. The maximum atomic E-state index is 12.6. The fourth-order valence-corrected chi connectivity index (χ4v) is 1.57. The van der Waals surface area contributed by atoms with E-state index in [1.54, 1.807) is 12.3 Å². The highest BCUT2D eigenvalue weighted by Gasteiger charge is 2.30. The highest BCUT2D eigenvalue weighted by atomic mass is 19.4. The van der Waals surface area contributed by atoms with E-state index in [1.165, 1.54) is 10.7 Å². The van der Waals surface area contributed by atoms with Gasteiger partial charge in [-0.1, -0.05) is 6.07 Å². The molecule has 0 radical (unpaired) electrons. The molecule has 0 aliphatic carbocycles. The summed E-state index contributed by atoms with van der Waals surface area (Å²) in [6.45, 7) is 3.69.